The highest BCUT2D eigenvalue weighted by molar-refractivity contribution is 7.90. The van der Waals surface area contributed by atoms with Gasteiger partial charge in [-0.25, -0.2) is 17.9 Å². The molecule has 0 bridgehead atoms. The van der Waals surface area contributed by atoms with Crippen molar-refractivity contribution in [2.24, 2.45) is 0 Å². The number of methoxy groups -OCH3 is 1. The van der Waals surface area contributed by atoms with Crippen LogP contribution in [-0.2, 0) is 26.0 Å². The van der Waals surface area contributed by atoms with Crippen LogP contribution in [0.4, 0.5) is 0 Å². The van der Waals surface area contributed by atoms with E-state index in [9.17, 15) is 18.0 Å². The van der Waals surface area contributed by atoms with E-state index in [1.165, 1.54) is 25.8 Å². The van der Waals surface area contributed by atoms with Crippen molar-refractivity contribution >= 4 is 44.5 Å². The number of benzene rings is 2. The molecule has 2 fully saturated rings. The Bertz CT molecular complexity index is 2120. The minimum Gasteiger partial charge on any atom is -0.497 e. The van der Waals surface area contributed by atoms with E-state index in [1.807, 2.05) is 28.9 Å². The number of nitrogens with zero attached hydrogens (tertiary/aromatic N) is 3. The van der Waals surface area contributed by atoms with Crippen LogP contribution in [0, 0.1) is 0 Å². The third-order valence-corrected chi connectivity index (χ3v) is 12.2. The Balaban J connectivity index is 1.49. The molecular formula is C39H46N4O7S. The van der Waals surface area contributed by atoms with E-state index in [-0.39, 0.29) is 18.2 Å². The van der Waals surface area contributed by atoms with Gasteiger partial charge >= 0.3 is 5.97 Å². The average molecular weight is 715 g/mol. The predicted octanol–water partition coefficient (Wildman–Crippen LogP) is 7.11. The number of carbonyl (C=O) groups is 2. The molecule has 11 nitrogen and oxygen atoms in total. The highest BCUT2D eigenvalue weighted by atomic mass is 32.2. The van der Waals surface area contributed by atoms with Crippen LogP contribution >= 0.6 is 0 Å². The average Bonchev–Trinajstić information content (AvgIpc) is 3.67. The summed E-state index contributed by atoms with van der Waals surface area (Å²) in [6.07, 6.45) is 10.8. The van der Waals surface area contributed by atoms with Crippen LogP contribution in [0.5, 0.6) is 5.75 Å². The maximum atomic E-state index is 13.5. The summed E-state index contributed by atoms with van der Waals surface area (Å²) < 4.78 is 48.9. The number of hydrogen-bond donors (Lipinski definition) is 1. The van der Waals surface area contributed by atoms with Gasteiger partial charge in [0.15, 0.2) is 0 Å². The molecule has 1 saturated heterocycles. The van der Waals surface area contributed by atoms with Crippen LogP contribution in [0.15, 0.2) is 42.6 Å². The minimum absolute atomic E-state index is 0.0303. The number of esters is 1. The summed E-state index contributed by atoms with van der Waals surface area (Å²) in [5, 5.41) is 5.07. The summed E-state index contributed by atoms with van der Waals surface area (Å²) in [4.78, 5) is 27.0. The first kappa shape index (κ1) is 35.0. The van der Waals surface area contributed by atoms with Gasteiger partial charge in [0.2, 0.25) is 10.0 Å². The smallest absolute Gasteiger partial charge is 0.341 e. The Morgan fingerprint density at radius 1 is 1.02 bits per heavy atom. The van der Waals surface area contributed by atoms with E-state index in [4.69, 9.17) is 19.3 Å². The van der Waals surface area contributed by atoms with E-state index < -0.39 is 27.1 Å². The second kappa shape index (κ2) is 14.3. The number of fused-ring (bicyclic) bond motifs is 5. The van der Waals surface area contributed by atoms with Gasteiger partial charge in [0.05, 0.1) is 49.1 Å². The number of ether oxygens (including phenoxy) is 3. The van der Waals surface area contributed by atoms with Gasteiger partial charge in [-0.15, -0.1) is 0 Å². The summed E-state index contributed by atoms with van der Waals surface area (Å²) in [5.41, 5.74) is 7.28. The molecule has 0 spiro atoms. The third-order valence-electron chi connectivity index (χ3n) is 10.5. The Hall–Kier alpha value is -4.42. The first-order valence-electron chi connectivity index (χ1n) is 18.0. The normalized spacial score (nSPS) is 17.1. The number of allylic oxidation sites excluding steroid dienone is 1. The quantitative estimate of drug-likeness (QED) is 0.182. The van der Waals surface area contributed by atoms with E-state index in [0.29, 0.717) is 42.7 Å². The number of nitrogens with one attached hydrogen (secondary N) is 1. The molecule has 12 heteroatoms. The van der Waals surface area contributed by atoms with Crippen molar-refractivity contribution in [1.29, 1.82) is 0 Å². The Labute approximate surface area is 299 Å². The van der Waals surface area contributed by atoms with Crippen LogP contribution in [0.2, 0.25) is 0 Å². The molecule has 2 aliphatic heterocycles. The summed E-state index contributed by atoms with van der Waals surface area (Å²) in [5.74, 6) is -0.0930. The van der Waals surface area contributed by atoms with Crippen molar-refractivity contribution in [2.75, 3.05) is 26.9 Å². The number of amides is 1. The molecule has 2 aromatic carbocycles. The van der Waals surface area contributed by atoms with E-state index in [1.54, 1.807) is 26.3 Å². The van der Waals surface area contributed by atoms with Crippen molar-refractivity contribution in [3.63, 3.8) is 0 Å². The number of hydrogen-bond acceptors (Lipinski definition) is 8. The zero-order valence-corrected chi connectivity index (χ0v) is 30.6. The second-order valence-electron chi connectivity index (χ2n) is 14.0. The number of sulfonamides is 1. The predicted molar refractivity (Wildman–Crippen MR) is 196 cm³/mol. The van der Waals surface area contributed by atoms with Gasteiger partial charge in [0.1, 0.15) is 11.3 Å². The Morgan fingerprint density at radius 2 is 1.78 bits per heavy atom. The molecule has 2 aromatic heterocycles. The first-order valence-corrected chi connectivity index (χ1v) is 19.6. The molecule has 0 unspecified atom stereocenters. The third kappa shape index (κ3) is 6.59. The number of aromatic nitrogens is 3. The standard InChI is InChI=1S/C39H46N4O7S/c1-5-50-39(45)33-22-40-43(29-15-17-49-18-16-29)36(33)28-19-27-20-30(48-4)12-14-31(27)37-35(25-9-7-6-8-10-25)32-13-11-26(21-34(32)42(37)23-28)38(44)41-51(46,47)24(2)3/h11-14,19-22,24-25,29H,5-10,15-18,23H2,1-4H3,(H,41,44). The molecule has 1 amide bonds. The summed E-state index contributed by atoms with van der Waals surface area (Å²) in [6, 6.07) is 11.6. The lowest BCUT2D eigenvalue weighted by Crippen LogP contribution is -2.35. The summed E-state index contributed by atoms with van der Waals surface area (Å²) in [7, 11) is -2.19. The fourth-order valence-corrected chi connectivity index (χ4v) is 8.49. The van der Waals surface area contributed by atoms with Gasteiger partial charge in [-0.05, 0) is 105 Å². The van der Waals surface area contributed by atoms with E-state index in [2.05, 4.69) is 21.4 Å². The van der Waals surface area contributed by atoms with Crippen LogP contribution < -0.4 is 9.46 Å². The maximum absolute atomic E-state index is 13.5. The largest absolute Gasteiger partial charge is 0.497 e. The fourth-order valence-electron chi connectivity index (χ4n) is 7.88. The molecule has 0 radical (unpaired) electrons. The van der Waals surface area contributed by atoms with Crippen LogP contribution in [0.1, 0.15) is 115 Å². The fraction of sp³-hybridized carbons (Fsp3) is 0.462. The van der Waals surface area contributed by atoms with E-state index >= 15 is 0 Å². The van der Waals surface area contributed by atoms with Crippen LogP contribution in [-0.4, -0.2) is 66.8 Å². The highest BCUT2D eigenvalue weighted by Crippen LogP contribution is 2.48. The lowest BCUT2D eigenvalue weighted by Gasteiger charge is -2.25. The first-order chi connectivity index (χ1) is 24.6. The van der Waals surface area contributed by atoms with Gasteiger partial charge in [0, 0.05) is 35.2 Å². The molecule has 7 rings (SSSR count). The molecular weight excluding hydrogens is 669 g/mol. The highest BCUT2D eigenvalue weighted by Gasteiger charge is 2.33. The minimum atomic E-state index is -3.84. The monoisotopic (exact) mass is 714 g/mol. The topological polar surface area (TPSA) is 131 Å². The van der Waals surface area contributed by atoms with Gasteiger partial charge in [-0.1, -0.05) is 25.3 Å². The van der Waals surface area contributed by atoms with Gasteiger partial charge in [-0.2, -0.15) is 5.10 Å². The van der Waals surface area contributed by atoms with Crippen molar-refractivity contribution in [2.45, 2.75) is 89.5 Å². The lowest BCUT2D eigenvalue weighted by atomic mass is 9.81. The molecule has 51 heavy (non-hydrogen) atoms. The molecule has 4 aromatic rings. The van der Waals surface area contributed by atoms with Crippen LogP contribution in [0.25, 0.3) is 33.8 Å². The van der Waals surface area contributed by atoms with Gasteiger partial charge in [0.25, 0.3) is 5.91 Å². The zero-order valence-electron chi connectivity index (χ0n) is 29.7. The van der Waals surface area contributed by atoms with E-state index in [0.717, 1.165) is 71.8 Å². The lowest BCUT2D eigenvalue weighted by molar-refractivity contribution is 0.0524. The summed E-state index contributed by atoms with van der Waals surface area (Å²) >= 11 is 0. The maximum Gasteiger partial charge on any atom is 0.341 e. The molecule has 1 saturated carbocycles. The van der Waals surface area contributed by atoms with Gasteiger partial charge in [-0.3, -0.25) is 9.48 Å². The number of carbonyl (C=O) groups excluding carboxylic acids is 2. The Morgan fingerprint density at radius 3 is 2.49 bits per heavy atom. The van der Waals surface area contributed by atoms with Crippen molar-refractivity contribution in [3.8, 4) is 17.0 Å². The molecule has 1 aliphatic carbocycles. The molecule has 3 aliphatic rings. The van der Waals surface area contributed by atoms with Crippen molar-refractivity contribution in [3.05, 3.63) is 70.5 Å². The molecule has 4 heterocycles. The zero-order chi connectivity index (χ0) is 35.9. The van der Waals surface area contributed by atoms with Crippen LogP contribution in [0.3, 0.4) is 0 Å². The molecule has 1 N–H and O–H groups in total. The molecule has 270 valence electrons. The SMILES string of the molecule is CCOC(=O)c1cnn(C2CCOCC2)c1C1=Cc2cc(OC)ccc2-c2c(C3CCCCC3)c3ccc(C(=O)NS(=O)(=O)C(C)C)cc3n2C1. The van der Waals surface area contributed by atoms with Crippen molar-refractivity contribution < 1.29 is 32.2 Å². The Kier molecular flexibility index (Phi) is 9.82. The summed E-state index contributed by atoms with van der Waals surface area (Å²) in [6.45, 7) is 6.67. The number of rotatable bonds is 9. The second-order valence-corrected chi connectivity index (χ2v) is 16.2. The van der Waals surface area contributed by atoms with Gasteiger partial charge < -0.3 is 18.8 Å². The molecule has 0 atom stereocenters. The van der Waals surface area contributed by atoms with Crippen molar-refractivity contribution in [1.82, 2.24) is 19.1 Å².